The molecular weight excluding hydrogens is 156 g/mol. The lowest BCUT2D eigenvalue weighted by Crippen LogP contribution is -2.68. The van der Waals surface area contributed by atoms with Gasteiger partial charge in [-0.3, -0.25) is 10.6 Å². The standard InChI is InChI=1S/C7H16N4O/c1-8-6-11-7(9-2,10-3)4-5-12-6/h9-10H,4-5H2,1-3H3,(H,8,11). The Bertz CT molecular complexity index is 176. The molecule has 1 heterocycles. The molecule has 0 aliphatic carbocycles. The SMILES string of the molecule is CN=C1NC(NC)(NC)CCO1. The van der Waals surface area contributed by atoms with Gasteiger partial charge in [0.1, 0.15) is 5.79 Å². The van der Waals surface area contributed by atoms with Gasteiger partial charge in [0.15, 0.2) is 0 Å². The molecule has 1 aliphatic rings. The Balaban J connectivity index is 2.65. The number of ether oxygens (including phenoxy) is 1. The van der Waals surface area contributed by atoms with Gasteiger partial charge in [0, 0.05) is 13.5 Å². The van der Waals surface area contributed by atoms with Gasteiger partial charge in [0.2, 0.25) is 0 Å². The smallest absolute Gasteiger partial charge is 0.286 e. The molecule has 0 unspecified atom stereocenters. The highest BCUT2D eigenvalue weighted by Crippen LogP contribution is 2.07. The van der Waals surface area contributed by atoms with Crippen LogP contribution in [0.4, 0.5) is 0 Å². The van der Waals surface area contributed by atoms with Crippen molar-refractivity contribution in [2.75, 3.05) is 27.7 Å². The number of nitrogens with zero attached hydrogens (tertiary/aromatic N) is 1. The van der Waals surface area contributed by atoms with Crippen molar-refractivity contribution >= 4 is 6.02 Å². The first-order valence-electron chi connectivity index (χ1n) is 4.02. The van der Waals surface area contributed by atoms with Crippen LogP contribution in [0.1, 0.15) is 6.42 Å². The van der Waals surface area contributed by atoms with Gasteiger partial charge in [-0.05, 0) is 14.1 Å². The van der Waals surface area contributed by atoms with E-state index in [-0.39, 0.29) is 5.79 Å². The van der Waals surface area contributed by atoms with E-state index in [1.54, 1.807) is 7.05 Å². The highest BCUT2D eigenvalue weighted by Gasteiger charge is 2.31. The van der Waals surface area contributed by atoms with Crippen molar-refractivity contribution in [3.05, 3.63) is 0 Å². The predicted molar refractivity (Wildman–Crippen MR) is 47.9 cm³/mol. The molecule has 0 aromatic carbocycles. The summed E-state index contributed by atoms with van der Waals surface area (Å²) < 4.78 is 5.24. The fourth-order valence-electron chi connectivity index (χ4n) is 1.20. The number of rotatable bonds is 2. The highest BCUT2D eigenvalue weighted by molar-refractivity contribution is 5.74. The third-order valence-electron chi connectivity index (χ3n) is 2.09. The zero-order valence-corrected chi connectivity index (χ0v) is 7.77. The van der Waals surface area contributed by atoms with Crippen LogP contribution < -0.4 is 16.0 Å². The lowest BCUT2D eigenvalue weighted by atomic mass is 10.2. The second-order valence-corrected chi connectivity index (χ2v) is 2.66. The van der Waals surface area contributed by atoms with E-state index >= 15 is 0 Å². The maximum absolute atomic E-state index is 5.24. The molecule has 0 radical (unpaired) electrons. The van der Waals surface area contributed by atoms with Crippen LogP contribution in [0.5, 0.6) is 0 Å². The fourth-order valence-corrected chi connectivity index (χ4v) is 1.20. The summed E-state index contributed by atoms with van der Waals surface area (Å²) in [5.41, 5.74) is 0. The van der Waals surface area contributed by atoms with Crippen LogP contribution in [0.15, 0.2) is 4.99 Å². The van der Waals surface area contributed by atoms with E-state index < -0.39 is 0 Å². The van der Waals surface area contributed by atoms with Crippen LogP contribution in [-0.4, -0.2) is 39.6 Å². The van der Waals surface area contributed by atoms with Crippen molar-refractivity contribution in [2.24, 2.45) is 4.99 Å². The van der Waals surface area contributed by atoms with Gasteiger partial charge in [-0.1, -0.05) is 0 Å². The summed E-state index contributed by atoms with van der Waals surface area (Å²) in [4.78, 5) is 3.94. The van der Waals surface area contributed by atoms with E-state index in [0.717, 1.165) is 6.42 Å². The Morgan fingerprint density at radius 2 is 2.17 bits per heavy atom. The number of aliphatic imine (C=N–C) groups is 1. The van der Waals surface area contributed by atoms with Gasteiger partial charge in [-0.15, -0.1) is 0 Å². The zero-order valence-electron chi connectivity index (χ0n) is 7.77. The Kier molecular flexibility index (Phi) is 2.88. The van der Waals surface area contributed by atoms with E-state index in [1.807, 2.05) is 14.1 Å². The summed E-state index contributed by atoms with van der Waals surface area (Å²) in [6, 6.07) is 0.574. The van der Waals surface area contributed by atoms with Gasteiger partial charge >= 0.3 is 0 Å². The minimum atomic E-state index is -0.271. The van der Waals surface area contributed by atoms with Gasteiger partial charge in [0.25, 0.3) is 6.02 Å². The van der Waals surface area contributed by atoms with Gasteiger partial charge in [0.05, 0.1) is 6.61 Å². The molecule has 12 heavy (non-hydrogen) atoms. The molecule has 0 aromatic heterocycles. The molecule has 1 fully saturated rings. The Morgan fingerprint density at radius 3 is 2.67 bits per heavy atom. The van der Waals surface area contributed by atoms with Gasteiger partial charge < -0.3 is 10.1 Å². The highest BCUT2D eigenvalue weighted by atomic mass is 16.5. The van der Waals surface area contributed by atoms with E-state index in [1.165, 1.54) is 0 Å². The van der Waals surface area contributed by atoms with E-state index in [9.17, 15) is 0 Å². The van der Waals surface area contributed by atoms with Crippen LogP contribution >= 0.6 is 0 Å². The third kappa shape index (κ3) is 1.67. The number of nitrogens with one attached hydrogen (secondary N) is 3. The van der Waals surface area contributed by atoms with Gasteiger partial charge in [-0.2, -0.15) is 0 Å². The molecule has 0 bridgehead atoms. The Hall–Kier alpha value is -0.810. The van der Waals surface area contributed by atoms with Crippen molar-refractivity contribution in [1.29, 1.82) is 0 Å². The Morgan fingerprint density at radius 1 is 1.50 bits per heavy atom. The first-order chi connectivity index (χ1) is 5.76. The average Bonchev–Trinajstić information content (AvgIpc) is 2.18. The molecule has 70 valence electrons. The van der Waals surface area contributed by atoms with Crippen LogP contribution in [0.3, 0.4) is 0 Å². The molecular formula is C7H16N4O. The lowest BCUT2D eigenvalue weighted by Gasteiger charge is -2.38. The summed E-state index contributed by atoms with van der Waals surface area (Å²) in [6.45, 7) is 0.668. The average molecular weight is 172 g/mol. The second kappa shape index (κ2) is 3.73. The normalized spacial score (nSPS) is 24.8. The van der Waals surface area contributed by atoms with E-state index in [0.29, 0.717) is 12.6 Å². The number of hydrogen-bond donors (Lipinski definition) is 3. The topological polar surface area (TPSA) is 57.7 Å². The van der Waals surface area contributed by atoms with Crippen molar-refractivity contribution in [3.8, 4) is 0 Å². The van der Waals surface area contributed by atoms with Crippen molar-refractivity contribution in [1.82, 2.24) is 16.0 Å². The van der Waals surface area contributed by atoms with Crippen LogP contribution in [0.25, 0.3) is 0 Å². The first kappa shape index (κ1) is 9.28. The predicted octanol–water partition coefficient (Wildman–Crippen LogP) is -0.925. The fraction of sp³-hybridized carbons (Fsp3) is 0.857. The summed E-state index contributed by atoms with van der Waals surface area (Å²) in [6.07, 6.45) is 0.860. The molecule has 1 aliphatic heterocycles. The van der Waals surface area contributed by atoms with Crippen LogP contribution in [0.2, 0.25) is 0 Å². The maximum atomic E-state index is 5.24. The van der Waals surface area contributed by atoms with Crippen LogP contribution in [-0.2, 0) is 4.74 Å². The molecule has 0 amide bonds. The minimum Gasteiger partial charge on any atom is -0.465 e. The maximum Gasteiger partial charge on any atom is 0.286 e. The second-order valence-electron chi connectivity index (χ2n) is 2.66. The summed E-state index contributed by atoms with van der Waals surface area (Å²) >= 11 is 0. The molecule has 0 saturated carbocycles. The van der Waals surface area contributed by atoms with E-state index in [2.05, 4.69) is 20.9 Å². The zero-order chi connectivity index (χ0) is 9.03. The molecule has 0 spiro atoms. The molecule has 0 aromatic rings. The number of hydrogen-bond acceptors (Lipinski definition) is 4. The molecule has 5 heteroatoms. The third-order valence-corrected chi connectivity index (χ3v) is 2.09. The number of amidine groups is 1. The molecule has 0 atom stereocenters. The summed E-state index contributed by atoms with van der Waals surface area (Å²) in [5, 5.41) is 9.42. The largest absolute Gasteiger partial charge is 0.465 e. The lowest BCUT2D eigenvalue weighted by molar-refractivity contribution is 0.127. The Labute approximate surface area is 72.6 Å². The van der Waals surface area contributed by atoms with Crippen molar-refractivity contribution in [3.63, 3.8) is 0 Å². The van der Waals surface area contributed by atoms with Crippen LogP contribution in [0, 0.1) is 0 Å². The van der Waals surface area contributed by atoms with Crippen molar-refractivity contribution < 1.29 is 4.74 Å². The molecule has 1 saturated heterocycles. The minimum absolute atomic E-state index is 0.271. The summed E-state index contributed by atoms with van der Waals surface area (Å²) in [5.74, 6) is -0.271. The molecule has 1 rings (SSSR count). The molecule has 3 N–H and O–H groups in total. The van der Waals surface area contributed by atoms with Crippen molar-refractivity contribution in [2.45, 2.75) is 12.2 Å². The first-order valence-corrected chi connectivity index (χ1v) is 4.02. The summed E-state index contributed by atoms with van der Waals surface area (Å²) in [7, 11) is 5.48. The monoisotopic (exact) mass is 172 g/mol. The van der Waals surface area contributed by atoms with E-state index in [4.69, 9.17) is 4.74 Å². The van der Waals surface area contributed by atoms with Gasteiger partial charge in [-0.25, -0.2) is 4.99 Å². The quantitative estimate of drug-likeness (QED) is 0.471. The molecule has 5 nitrogen and oxygen atoms in total.